The first-order valence-electron chi connectivity index (χ1n) is 7.99. The van der Waals surface area contributed by atoms with Crippen molar-refractivity contribution in [3.05, 3.63) is 53.2 Å². The van der Waals surface area contributed by atoms with Crippen LogP contribution < -0.4 is 10.1 Å². The summed E-state index contributed by atoms with van der Waals surface area (Å²) in [6, 6.07) is 10.0. The zero-order chi connectivity index (χ0) is 19.1. The Morgan fingerprint density at radius 1 is 1.27 bits per heavy atom. The number of hydrogen-bond donors (Lipinski definition) is 1. The zero-order valence-electron chi connectivity index (χ0n) is 14.8. The van der Waals surface area contributed by atoms with E-state index in [1.165, 1.54) is 13.1 Å². The van der Waals surface area contributed by atoms with Gasteiger partial charge in [0, 0.05) is 18.7 Å². The number of rotatable bonds is 6. The molecule has 0 radical (unpaired) electrons. The number of carbonyl (C=O) groups is 2. The van der Waals surface area contributed by atoms with E-state index in [0.717, 1.165) is 0 Å². The third kappa shape index (κ3) is 5.60. The third-order valence-corrected chi connectivity index (χ3v) is 3.18. The van der Waals surface area contributed by atoms with Crippen molar-refractivity contribution in [2.45, 2.75) is 33.5 Å². The number of anilines is 1. The molecule has 0 spiro atoms. The highest BCUT2D eigenvalue weighted by Crippen LogP contribution is 2.20. The fourth-order valence-electron chi connectivity index (χ4n) is 2.12. The van der Waals surface area contributed by atoms with Gasteiger partial charge in [0.25, 0.3) is 5.91 Å². The van der Waals surface area contributed by atoms with Crippen LogP contribution in [0.2, 0.25) is 0 Å². The van der Waals surface area contributed by atoms with Gasteiger partial charge in [-0.3, -0.25) is 9.59 Å². The summed E-state index contributed by atoms with van der Waals surface area (Å²) >= 11 is 0. The van der Waals surface area contributed by atoms with Gasteiger partial charge in [-0.1, -0.05) is 0 Å². The molecule has 1 aromatic carbocycles. The van der Waals surface area contributed by atoms with E-state index in [-0.39, 0.29) is 18.6 Å². The summed E-state index contributed by atoms with van der Waals surface area (Å²) in [7, 11) is 0. The van der Waals surface area contributed by atoms with Gasteiger partial charge in [-0.05, 0) is 49.7 Å². The van der Waals surface area contributed by atoms with E-state index in [4.69, 9.17) is 14.7 Å². The number of ether oxygens (including phenoxy) is 2. The smallest absolute Gasteiger partial charge is 0.302 e. The molecule has 0 bridgehead atoms. The lowest BCUT2D eigenvalue weighted by Gasteiger charge is -2.13. The molecule has 7 nitrogen and oxygen atoms in total. The second kappa shape index (κ2) is 8.62. The standard InChI is InChI=1S/C19H19N3O4/c1-12(2)26-17-7-15(11-25-13(3)23)6-16(8-17)19(24)22-18-5-4-14(9-20)10-21-18/h4-8,10,12H,11H2,1-3H3,(H,21,22,24). The van der Waals surface area contributed by atoms with Crippen LogP contribution in [-0.2, 0) is 16.1 Å². The number of hydrogen-bond acceptors (Lipinski definition) is 6. The monoisotopic (exact) mass is 353 g/mol. The fourth-order valence-corrected chi connectivity index (χ4v) is 2.12. The van der Waals surface area contributed by atoms with E-state index in [9.17, 15) is 9.59 Å². The Hall–Kier alpha value is -3.40. The maximum absolute atomic E-state index is 12.5. The van der Waals surface area contributed by atoms with Crippen molar-refractivity contribution in [1.29, 1.82) is 5.26 Å². The van der Waals surface area contributed by atoms with Crippen molar-refractivity contribution in [2.24, 2.45) is 0 Å². The molecule has 0 fully saturated rings. The molecule has 1 aromatic heterocycles. The first-order valence-corrected chi connectivity index (χ1v) is 7.99. The van der Waals surface area contributed by atoms with E-state index in [1.807, 2.05) is 19.9 Å². The predicted octanol–water partition coefficient (Wildman–Crippen LogP) is 3.06. The number of nitrogens with one attached hydrogen (secondary N) is 1. The number of nitrogens with zero attached hydrogens (tertiary/aromatic N) is 2. The summed E-state index contributed by atoms with van der Waals surface area (Å²) in [4.78, 5) is 27.6. The summed E-state index contributed by atoms with van der Waals surface area (Å²) in [6.45, 7) is 5.11. The third-order valence-electron chi connectivity index (χ3n) is 3.18. The van der Waals surface area contributed by atoms with Crippen molar-refractivity contribution >= 4 is 17.7 Å². The molecular formula is C19H19N3O4. The van der Waals surface area contributed by atoms with E-state index in [0.29, 0.717) is 28.3 Å². The van der Waals surface area contributed by atoms with Crippen LogP contribution in [0.5, 0.6) is 5.75 Å². The minimum atomic E-state index is -0.409. The van der Waals surface area contributed by atoms with Gasteiger partial charge in [0.2, 0.25) is 0 Å². The molecule has 1 N–H and O–H groups in total. The van der Waals surface area contributed by atoms with Crippen molar-refractivity contribution in [3.8, 4) is 11.8 Å². The van der Waals surface area contributed by atoms with Crippen molar-refractivity contribution in [3.63, 3.8) is 0 Å². The van der Waals surface area contributed by atoms with Gasteiger partial charge in [0.15, 0.2) is 0 Å². The minimum absolute atomic E-state index is 0.0417. The van der Waals surface area contributed by atoms with Gasteiger partial charge in [-0.2, -0.15) is 5.26 Å². The van der Waals surface area contributed by atoms with Crippen LogP contribution in [0.15, 0.2) is 36.5 Å². The second-order valence-corrected chi connectivity index (χ2v) is 5.81. The quantitative estimate of drug-likeness (QED) is 0.801. The largest absolute Gasteiger partial charge is 0.491 e. The molecular weight excluding hydrogens is 334 g/mol. The Balaban J connectivity index is 2.23. The Morgan fingerprint density at radius 2 is 2.04 bits per heavy atom. The van der Waals surface area contributed by atoms with Gasteiger partial charge >= 0.3 is 5.97 Å². The van der Waals surface area contributed by atoms with Crippen molar-refractivity contribution in [2.75, 3.05) is 5.32 Å². The lowest BCUT2D eigenvalue weighted by atomic mass is 10.1. The van der Waals surface area contributed by atoms with Crippen LogP contribution in [-0.4, -0.2) is 23.0 Å². The maximum atomic E-state index is 12.5. The molecule has 2 rings (SSSR count). The summed E-state index contributed by atoms with van der Waals surface area (Å²) < 4.78 is 10.7. The molecule has 0 aliphatic carbocycles. The average Bonchev–Trinajstić information content (AvgIpc) is 2.60. The number of carbonyl (C=O) groups excluding carboxylic acids is 2. The van der Waals surface area contributed by atoms with Crippen LogP contribution in [0, 0.1) is 11.3 Å². The predicted molar refractivity (Wildman–Crippen MR) is 94.6 cm³/mol. The Morgan fingerprint density at radius 3 is 2.62 bits per heavy atom. The Kier molecular flexibility index (Phi) is 6.28. The number of pyridine rings is 1. The van der Waals surface area contributed by atoms with E-state index >= 15 is 0 Å². The SMILES string of the molecule is CC(=O)OCc1cc(OC(C)C)cc(C(=O)Nc2ccc(C#N)cn2)c1. The summed E-state index contributed by atoms with van der Waals surface area (Å²) in [5.74, 6) is 0.0294. The highest BCUT2D eigenvalue weighted by molar-refractivity contribution is 6.04. The lowest BCUT2D eigenvalue weighted by Crippen LogP contribution is -2.14. The summed E-state index contributed by atoms with van der Waals surface area (Å²) in [5, 5.41) is 11.4. The molecule has 0 aliphatic heterocycles. The van der Waals surface area contributed by atoms with Crippen LogP contribution in [0.25, 0.3) is 0 Å². The molecule has 0 aliphatic rings. The van der Waals surface area contributed by atoms with E-state index in [2.05, 4.69) is 10.3 Å². The first-order chi connectivity index (χ1) is 12.4. The Labute approximate surface area is 151 Å². The molecule has 26 heavy (non-hydrogen) atoms. The molecule has 0 atom stereocenters. The molecule has 2 aromatic rings. The highest BCUT2D eigenvalue weighted by atomic mass is 16.5. The highest BCUT2D eigenvalue weighted by Gasteiger charge is 2.12. The number of esters is 1. The number of nitriles is 1. The fraction of sp³-hybridized carbons (Fsp3) is 0.263. The van der Waals surface area contributed by atoms with Crippen LogP contribution >= 0.6 is 0 Å². The molecule has 0 saturated heterocycles. The average molecular weight is 353 g/mol. The summed E-state index contributed by atoms with van der Waals surface area (Å²) in [5.41, 5.74) is 1.38. The first kappa shape index (κ1) is 18.9. The van der Waals surface area contributed by atoms with Crippen molar-refractivity contribution < 1.29 is 19.1 Å². The minimum Gasteiger partial charge on any atom is -0.491 e. The number of aromatic nitrogens is 1. The van der Waals surface area contributed by atoms with Gasteiger partial charge in [-0.15, -0.1) is 0 Å². The van der Waals surface area contributed by atoms with Gasteiger partial charge in [-0.25, -0.2) is 4.98 Å². The van der Waals surface area contributed by atoms with Gasteiger partial charge in [0.05, 0.1) is 11.7 Å². The molecule has 0 saturated carbocycles. The topological polar surface area (TPSA) is 101 Å². The molecule has 1 heterocycles. The van der Waals surface area contributed by atoms with Crippen LogP contribution in [0.4, 0.5) is 5.82 Å². The Bertz CT molecular complexity index is 839. The van der Waals surface area contributed by atoms with E-state index in [1.54, 1.807) is 30.3 Å². The van der Waals surface area contributed by atoms with Crippen molar-refractivity contribution in [1.82, 2.24) is 4.98 Å². The molecule has 134 valence electrons. The normalized spacial score (nSPS) is 10.1. The summed E-state index contributed by atoms with van der Waals surface area (Å²) in [6.07, 6.45) is 1.30. The van der Waals surface area contributed by atoms with E-state index < -0.39 is 5.97 Å². The second-order valence-electron chi connectivity index (χ2n) is 5.81. The maximum Gasteiger partial charge on any atom is 0.302 e. The molecule has 0 unspecified atom stereocenters. The van der Waals surface area contributed by atoms with Crippen LogP contribution in [0.1, 0.15) is 42.3 Å². The molecule has 7 heteroatoms. The van der Waals surface area contributed by atoms with Gasteiger partial charge < -0.3 is 14.8 Å². The van der Waals surface area contributed by atoms with Gasteiger partial charge in [0.1, 0.15) is 24.2 Å². The lowest BCUT2D eigenvalue weighted by molar-refractivity contribution is -0.142. The zero-order valence-corrected chi connectivity index (χ0v) is 14.8. The number of amides is 1. The van der Waals surface area contributed by atoms with Crippen LogP contribution in [0.3, 0.4) is 0 Å². The molecule has 1 amide bonds. The number of benzene rings is 1.